The highest BCUT2D eigenvalue weighted by Crippen LogP contribution is 2.61. The topological polar surface area (TPSA) is 15.7 Å². The maximum absolute atomic E-state index is 6.70. The van der Waals surface area contributed by atoms with Crippen LogP contribution < -0.4 is 14.5 Å². The fraction of sp³-hybridized carbons (Fsp3) is 0.107. The minimum Gasteiger partial charge on any atom is -0.453 e. The number of rotatable bonds is 4. The van der Waals surface area contributed by atoms with Crippen molar-refractivity contribution < 1.29 is 4.74 Å². The van der Waals surface area contributed by atoms with Crippen molar-refractivity contribution in [3.8, 4) is 33.8 Å². The van der Waals surface area contributed by atoms with Gasteiger partial charge in [-0.2, -0.15) is 0 Å². The Labute approximate surface area is 345 Å². The molecule has 3 heteroatoms. The van der Waals surface area contributed by atoms with Gasteiger partial charge in [0, 0.05) is 33.0 Å². The molecule has 12 rings (SSSR count). The van der Waals surface area contributed by atoms with Crippen LogP contribution in [0.15, 0.2) is 182 Å². The quantitative estimate of drug-likeness (QED) is 0.178. The second-order valence-electron chi connectivity index (χ2n) is 17.4. The van der Waals surface area contributed by atoms with Crippen LogP contribution in [0.2, 0.25) is 0 Å². The zero-order chi connectivity index (χ0) is 39.6. The van der Waals surface area contributed by atoms with Crippen LogP contribution in [-0.2, 0) is 10.8 Å². The van der Waals surface area contributed by atoms with E-state index < -0.39 is 0 Å². The Hall–Kier alpha value is -7.10. The van der Waals surface area contributed by atoms with Crippen molar-refractivity contribution >= 4 is 55.7 Å². The van der Waals surface area contributed by atoms with Gasteiger partial charge in [0.15, 0.2) is 11.5 Å². The summed E-state index contributed by atoms with van der Waals surface area (Å²) in [5, 5.41) is 4.82. The molecule has 0 spiro atoms. The number of benzene rings is 9. The van der Waals surface area contributed by atoms with Gasteiger partial charge in [-0.25, -0.2) is 0 Å². The van der Waals surface area contributed by atoms with Gasteiger partial charge in [0.05, 0.1) is 22.7 Å². The van der Waals surface area contributed by atoms with E-state index in [0.29, 0.717) is 0 Å². The zero-order valence-electron chi connectivity index (χ0n) is 33.6. The molecule has 0 fully saturated rings. The molecule has 2 heterocycles. The number of fused-ring (bicyclic) bond motifs is 10. The molecule has 0 bridgehead atoms. The number of hydrogen-bond donors (Lipinski definition) is 0. The van der Waals surface area contributed by atoms with Gasteiger partial charge in [0.25, 0.3) is 0 Å². The van der Waals surface area contributed by atoms with Crippen LogP contribution in [0.5, 0.6) is 11.5 Å². The molecule has 0 saturated carbocycles. The maximum atomic E-state index is 6.70. The molecule has 282 valence electrons. The van der Waals surface area contributed by atoms with Gasteiger partial charge in [-0.05, 0) is 104 Å². The number of anilines is 6. The fourth-order valence-electron chi connectivity index (χ4n) is 10.4. The van der Waals surface area contributed by atoms with Gasteiger partial charge < -0.3 is 14.5 Å². The molecule has 2 aliphatic heterocycles. The molecule has 9 aromatic carbocycles. The van der Waals surface area contributed by atoms with Crippen molar-refractivity contribution in [3.63, 3.8) is 0 Å². The number of hydrogen-bond acceptors (Lipinski definition) is 3. The van der Waals surface area contributed by atoms with Gasteiger partial charge in [-0.1, -0.05) is 161 Å². The van der Waals surface area contributed by atoms with Crippen molar-refractivity contribution in [2.75, 3.05) is 9.80 Å². The normalized spacial score (nSPS) is 14.8. The molecule has 3 aliphatic rings. The van der Waals surface area contributed by atoms with E-state index in [1.54, 1.807) is 0 Å². The van der Waals surface area contributed by atoms with Crippen LogP contribution in [0.1, 0.15) is 49.9 Å². The van der Waals surface area contributed by atoms with Gasteiger partial charge in [-0.15, -0.1) is 0 Å². The van der Waals surface area contributed by atoms with Crippen molar-refractivity contribution in [1.82, 2.24) is 0 Å². The lowest BCUT2D eigenvalue weighted by Gasteiger charge is -2.45. The van der Waals surface area contributed by atoms with Gasteiger partial charge >= 0.3 is 0 Å². The predicted octanol–water partition coefficient (Wildman–Crippen LogP) is 15.7. The lowest BCUT2D eigenvalue weighted by Crippen LogP contribution is -2.32. The summed E-state index contributed by atoms with van der Waals surface area (Å²) in [7, 11) is 0. The molecule has 0 amide bonds. The van der Waals surface area contributed by atoms with Crippen molar-refractivity contribution in [2.45, 2.75) is 38.5 Å². The highest BCUT2D eigenvalue weighted by Gasteiger charge is 2.42. The van der Waals surface area contributed by atoms with E-state index in [2.05, 4.69) is 219 Å². The first-order chi connectivity index (χ1) is 28.8. The third-order valence-corrected chi connectivity index (χ3v) is 13.4. The number of nitrogens with zero attached hydrogens (tertiary/aromatic N) is 2. The zero-order valence-corrected chi connectivity index (χ0v) is 33.6. The minimum absolute atomic E-state index is 0.105. The highest BCUT2D eigenvalue weighted by molar-refractivity contribution is 6.06. The Morgan fingerprint density at radius 2 is 1.05 bits per heavy atom. The Balaban J connectivity index is 1.00. The molecule has 1 aliphatic carbocycles. The molecular weight excluding hydrogens is 717 g/mol. The monoisotopic (exact) mass is 758 g/mol. The van der Waals surface area contributed by atoms with Crippen LogP contribution in [0.4, 0.5) is 34.1 Å². The summed E-state index contributed by atoms with van der Waals surface area (Å²) in [6.45, 7) is 9.39. The first kappa shape index (κ1) is 34.0. The molecule has 59 heavy (non-hydrogen) atoms. The third-order valence-electron chi connectivity index (χ3n) is 13.4. The van der Waals surface area contributed by atoms with Crippen LogP contribution >= 0.6 is 0 Å². The van der Waals surface area contributed by atoms with E-state index in [-0.39, 0.29) is 10.8 Å². The fourth-order valence-corrected chi connectivity index (χ4v) is 10.4. The smallest absolute Gasteiger partial charge is 0.152 e. The van der Waals surface area contributed by atoms with Crippen LogP contribution in [-0.4, -0.2) is 0 Å². The predicted molar refractivity (Wildman–Crippen MR) is 246 cm³/mol. The average Bonchev–Trinajstić information content (AvgIpc) is 3.50. The molecule has 0 saturated heterocycles. The molecule has 0 atom stereocenters. The summed E-state index contributed by atoms with van der Waals surface area (Å²) in [6.07, 6.45) is 0. The lowest BCUT2D eigenvalue weighted by molar-refractivity contribution is 0.472. The van der Waals surface area contributed by atoms with Gasteiger partial charge in [0.2, 0.25) is 0 Å². The molecule has 0 aromatic heterocycles. The van der Waals surface area contributed by atoms with Crippen LogP contribution in [0, 0.1) is 0 Å². The Morgan fingerprint density at radius 3 is 1.90 bits per heavy atom. The summed E-state index contributed by atoms with van der Waals surface area (Å²) < 4.78 is 6.70. The van der Waals surface area contributed by atoms with Gasteiger partial charge in [0.1, 0.15) is 0 Å². The second-order valence-corrected chi connectivity index (χ2v) is 17.4. The summed E-state index contributed by atoms with van der Waals surface area (Å²) in [5.74, 6) is 1.77. The minimum atomic E-state index is -0.226. The molecule has 3 nitrogen and oxygen atoms in total. The lowest BCUT2D eigenvalue weighted by atomic mass is 9.72. The van der Waals surface area contributed by atoms with Gasteiger partial charge in [-0.3, -0.25) is 0 Å². The summed E-state index contributed by atoms with van der Waals surface area (Å²) in [6, 6.07) is 66.9. The van der Waals surface area contributed by atoms with E-state index in [0.717, 1.165) is 39.9 Å². The highest BCUT2D eigenvalue weighted by atomic mass is 16.5. The van der Waals surface area contributed by atoms with Crippen LogP contribution in [0.3, 0.4) is 0 Å². The van der Waals surface area contributed by atoms with Crippen molar-refractivity contribution in [3.05, 3.63) is 204 Å². The van der Waals surface area contributed by atoms with Crippen LogP contribution in [0.25, 0.3) is 43.8 Å². The molecule has 0 unspecified atom stereocenters. The standard InChI is InChI=1S/C56H42N2O/c1-55(2)45-19-10-9-18-43(45)44-30-29-40(34-48(44)55)57(49-21-11-15-36-13-5-7-16-41(36)49)39-27-23-35(24-28-39)38-25-31-46-50(33-38)58-53-42-17-8-6-14-37(42)26-32-52(53)59-51-22-12-20-47(54(51)58)56(46,3)4/h5-34H,1-4H3. The summed E-state index contributed by atoms with van der Waals surface area (Å²) in [4.78, 5) is 4.91. The first-order valence-electron chi connectivity index (χ1n) is 20.7. The Bertz CT molecular complexity index is 3200. The van der Waals surface area contributed by atoms with E-state index in [4.69, 9.17) is 4.74 Å². The SMILES string of the molecule is CC1(C)c2ccccc2-c2ccc(N(c3ccc(-c4ccc5c(c4)N4c6c(cccc6C5(C)C)Oc5ccc6ccccc6c54)cc3)c3cccc4ccccc34)cc21. The second kappa shape index (κ2) is 12.2. The van der Waals surface area contributed by atoms with E-state index in [1.165, 1.54) is 71.7 Å². The van der Waals surface area contributed by atoms with E-state index >= 15 is 0 Å². The Kier molecular flexibility index (Phi) is 7.03. The molecular formula is C56H42N2O. The average molecular weight is 759 g/mol. The van der Waals surface area contributed by atoms with Crippen molar-refractivity contribution in [1.29, 1.82) is 0 Å². The van der Waals surface area contributed by atoms with E-state index in [9.17, 15) is 0 Å². The first-order valence-corrected chi connectivity index (χ1v) is 20.7. The molecule has 0 N–H and O–H groups in total. The largest absolute Gasteiger partial charge is 0.453 e. The number of ether oxygens (including phenoxy) is 1. The van der Waals surface area contributed by atoms with Crippen molar-refractivity contribution in [2.24, 2.45) is 0 Å². The molecule has 9 aromatic rings. The molecule has 0 radical (unpaired) electrons. The summed E-state index contributed by atoms with van der Waals surface area (Å²) >= 11 is 0. The van der Waals surface area contributed by atoms with E-state index in [1.807, 2.05) is 0 Å². The summed E-state index contributed by atoms with van der Waals surface area (Å²) in [5.41, 5.74) is 16.8. The third kappa shape index (κ3) is 4.82. The number of para-hydroxylation sites is 1. The Morgan fingerprint density at radius 1 is 0.424 bits per heavy atom. The maximum Gasteiger partial charge on any atom is 0.152 e.